The summed E-state index contributed by atoms with van der Waals surface area (Å²) in [7, 11) is 1.90. The highest BCUT2D eigenvalue weighted by Crippen LogP contribution is 2.30. The Balaban J connectivity index is 1.29. The molecule has 3 aromatic rings. The molecule has 0 spiro atoms. The summed E-state index contributed by atoms with van der Waals surface area (Å²) >= 11 is 3.35. The summed E-state index contributed by atoms with van der Waals surface area (Å²) in [5.41, 5.74) is 4.20. The third-order valence-electron chi connectivity index (χ3n) is 4.44. The molecular formula is C19H21BrN6O. The van der Waals surface area contributed by atoms with Gasteiger partial charge in [-0.1, -0.05) is 6.07 Å². The van der Waals surface area contributed by atoms with Crippen LogP contribution < -0.4 is 15.4 Å². The summed E-state index contributed by atoms with van der Waals surface area (Å²) < 4.78 is 8.66. The number of pyridine rings is 2. The smallest absolute Gasteiger partial charge is 0.237 e. The number of anilines is 1. The fraction of sp³-hybridized carbons (Fsp3) is 0.316. The lowest BCUT2D eigenvalue weighted by atomic mass is 10.1. The van der Waals surface area contributed by atoms with Crippen molar-refractivity contribution in [3.05, 3.63) is 53.2 Å². The number of hydrogen-bond acceptors (Lipinski definition) is 6. The SMILES string of the molecule is Cn1cc(-c2cnc3c(c2)NCC(CNCCc2ccc(Br)nc2)O3)cn1. The van der Waals surface area contributed by atoms with Crippen LogP contribution in [0.25, 0.3) is 11.1 Å². The standard InChI is InChI=1S/C19H21BrN6O/c1-26-12-15(9-25-26)14-6-17-19(24-8-14)27-16(11-22-17)10-21-5-4-13-2-3-18(20)23-7-13/h2-3,6-9,12,16,21-22H,4-5,10-11H2,1H3. The Hall–Kier alpha value is -2.45. The average Bonchev–Trinajstić information content (AvgIpc) is 3.12. The number of rotatable bonds is 6. The van der Waals surface area contributed by atoms with E-state index in [4.69, 9.17) is 4.74 Å². The fourth-order valence-corrected chi connectivity index (χ4v) is 3.22. The van der Waals surface area contributed by atoms with E-state index in [-0.39, 0.29) is 6.10 Å². The van der Waals surface area contributed by atoms with Crippen molar-refractivity contribution in [2.24, 2.45) is 7.05 Å². The molecule has 4 heterocycles. The molecule has 8 heteroatoms. The van der Waals surface area contributed by atoms with Crippen LogP contribution >= 0.6 is 15.9 Å². The molecule has 4 rings (SSSR count). The molecule has 1 atom stereocenters. The minimum atomic E-state index is 0.0530. The maximum atomic E-state index is 6.02. The number of hydrogen-bond donors (Lipinski definition) is 2. The highest BCUT2D eigenvalue weighted by molar-refractivity contribution is 9.10. The lowest BCUT2D eigenvalue weighted by Crippen LogP contribution is -2.40. The molecule has 0 radical (unpaired) electrons. The zero-order chi connectivity index (χ0) is 18.6. The van der Waals surface area contributed by atoms with Crippen LogP contribution in [-0.2, 0) is 13.5 Å². The second kappa shape index (κ2) is 8.06. The minimum Gasteiger partial charge on any atom is -0.470 e. The molecule has 0 bridgehead atoms. The van der Waals surface area contributed by atoms with E-state index in [1.165, 1.54) is 5.56 Å². The molecular weight excluding hydrogens is 408 g/mol. The third-order valence-corrected chi connectivity index (χ3v) is 4.91. The van der Waals surface area contributed by atoms with Gasteiger partial charge >= 0.3 is 0 Å². The molecule has 0 fully saturated rings. The van der Waals surface area contributed by atoms with Gasteiger partial charge in [0.05, 0.1) is 18.4 Å². The predicted octanol–water partition coefficient (Wildman–Crippen LogP) is 2.64. The highest BCUT2D eigenvalue weighted by Gasteiger charge is 2.20. The van der Waals surface area contributed by atoms with Crippen LogP contribution in [0.3, 0.4) is 0 Å². The Labute approximate surface area is 166 Å². The van der Waals surface area contributed by atoms with E-state index in [1.807, 2.05) is 37.9 Å². The molecule has 0 saturated heterocycles. The van der Waals surface area contributed by atoms with Crippen molar-refractivity contribution in [3.63, 3.8) is 0 Å². The van der Waals surface area contributed by atoms with Gasteiger partial charge in [0, 0.05) is 43.3 Å². The first kappa shape index (κ1) is 17.9. The van der Waals surface area contributed by atoms with Gasteiger partial charge in [-0.2, -0.15) is 5.10 Å². The Kier molecular flexibility index (Phi) is 5.35. The number of ether oxygens (including phenoxy) is 1. The molecule has 3 aromatic heterocycles. The summed E-state index contributed by atoms with van der Waals surface area (Å²) in [6.07, 6.45) is 8.51. The molecule has 2 N–H and O–H groups in total. The molecule has 0 aliphatic carbocycles. The fourth-order valence-electron chi connectivity index (χ4n) is 2.99. The highest BCUT2D eigenvalue weighted by atomic mass is 79.9. The molecule has 7 nitrogen and oxygen atoms in total. The van der Waals surface area contributed by atoms with Crippen LogP contribution in [0.2, 0.25) is 0 Å². The molecule has 0 amide bonds. The normalized spacial score (nSPS) is 15.7. The number of halogens is 1. The maximum absolute atomic E-state index is 6.02. The van der Waals surface area contributed by atoms with Gasteiger partial charge in [0.2, 0.25) is 5.88 Å². The van der Waals surface area contributed by atoms with E-state index < -0.39 is 0 Å². The number of aryl methyl sites for hydroxylation is 1. The Morgan fingerprint density at radius 1 is 1.26 bits per heavy atom. The lowest BCUT2D eigenvalue weighted by Gasteiger charge is -2.27. The van der Waals surface area contributed by atoms with E-state index in [2.05, 4.69) is 53.8 Å². The van der Waals surface area contributed by atoms with E-state index in [1.54, 1.807) is 4.68 Å². The second-order valence-electron chi connectivity index (χ2n) is 6.54. The van der Waals surface area contributed by atoms with Gasteiger partial charge in [0.1, 0.15) is 10.7 Å². The number of nitrogens with one attached hydrogen (secondary N) is 2. The van der Waals surface area contributed by atoms with Gasteiger partial charge in [0.15, 0.2) is 0 Å². The van der Waals surface area contributed by atoms with Crippen molar-refractivity contribution in [2.45, 2.75) is 12.5 Å². The maximum Gasteiger partial charge on any atom is 0.237 e. The number of nitrogens with zero attached hydrogens (tertiary/aromatic N) is 4. The molecule has 1 aliphatic heterocycles. The zero-order valence-electron chi connectivity index (χ0n) is 15.0. The van der Waals surface area contributed by atoms with Gasteiger partial charge in [0.25, 0.3) is 0 Å². The molecule has 1 aliphatic rings. The molecule has 0 aromatic carbocycles. The Bertz CT molecular complexity index is 911. The Morgan fingerprint density at radius 2 is 2.19 bits per heavy atom. The topological polar surface area (TPSA) is 76.9 Å². The molecule has 27 heavy (non-hydrogen) atoms. The van der Waals surface area contributed by atoms with Crippen LogP contribution in [0.4, 0.5) is 5.69 Å². The van der Waals surface area contributed by atoms with Gasteiger partial charge in [-0.05, 0) is 46.6 Å². The van der Waals surface area contributed by atoms with E-state index >= 15 is 0 Å². The number of fused-ring (bicyclic) bond motifs is 1. The van der Waals surface area contributed by atoms with Crippen molar-refractivity contribution in [1.29, 1.82) is 0 Å². The van der Waals surface area contributed by atoms with Crippen molar-refractivity contribution in [2.75, 3.05) is 25.0 Å². The van der Waals surface area contributed by atoms with Gasteiger partial charge in [-0.3, -0.25) is 4.68 Å². The van der Waals surface area contributed by atoms with Crippen LogP contribution in [0.5, 0.6) is 5.88 Å². The summed E-state index contributed by atoms with van der Waals surface area (Å²) in [5, 5.41) is 11.1. The van der Waals surface area contributed by atoms with Gasteiger partial charge in [-0.25, -0.2) is 9.97 Å². The monoisotopic (exact) mass is 428 g/mol. The summed E-state index contributed by atoms with van der Waals surface area (Å²) in [6, 6.07) is 6.10. The van der Waals surface area contributed by atoms with Crippen molar-refractivity contribution in [3.8, 4) is 17.0 Å². The quantitative estimate of drug-likeness (QED) is 0.464. The summed E-state index contributed by atoms with van der Waals surface area (Å²) in [4.78, 5) is 8.72. The molecule has 140 valence electrons. The third kappa shape index (κ3) is 4.45. The minimum absolute atomic E-state index is 0.0530. The molecule has 0 saturated carbocycles. The average molecular weight is 429 g/mol. The van der Waals surface area contributed by atoms with Crippen molar-refractivity contribution >= 4 is 21.6 Å². The zero-order valence-corrected chi connectivity index (χ0v) is 16.6. The molecule has 1 unspecified atom stereocenters. The van der Waals surface area contributed by atoms with Crippen LogP contribution in [0.15, 0.2) is 47.6 Å². The van der Waals surface area contributed by atoms with E-state index in [0.29, 0.717) is 5.88 Å². The van der Waals surface area contributed by atoms with Crippen molar-refractivity contribution in [1.82, 2.24) is 25.1 Å². The first-order chi connectivity index (χ1) is 13.2. The van der Waals surface area contributed by atoms with E-state index in [0.717, 1.165) is 47.5 Å². The van der Waals surface area contributed by atoms with Crippen LogP contribution in [-0.4, -0.2) is 45.5 Å². The lowest BCUT2D eigenvalue weighted by molar-refractivity contribution is 0.194. The van der Waals surface area contributed by atoms with Gasteiger partial charge < -0.3 is 15.4 Å². The second-order valence-corrected chi connectivity index (χ2v) is 7.36. The predicted molar refractivity (Wildman–Crippen MR) is 108 cm³/mol. The summed E-state index contributed by atoms with van der Waals surface area (Å²) in [5.74, 6) is 0.651. The number of aromatic nitrogens is 4. The Morgan fingerprint density at radius 3 is 2.96 bits per heavy atom. The first-order valence-electron chi connectivity index (χ1n) is 8.88. The largest absolute Gasteiger partial charge is 0.470 e. The van der Waals surface area contributed by atoms with Crippen LogP contribution in [0, 0.1) is 0 Å². The summed E-state index contributed by atoms with van der Waals surface area (Å²) in [6.45, 7) is 2.39. The first-order valence-corrected chi connectivity index (χ1v) is 9.67. The van der Waals surface area contributed by atoms with E-state index in [9.17, 15) is 0 Å². The van der Waals surface area contributed by atoms with Crippen molar-refractivity contribution < 1.29 is 4.74 Å². The van der Waals surface area contributed by atoms with Gasteiger partial charge in [-0.15, -0.1) is 0 Å². The van der Waals surface area contributed by atoms with Crippen LogP contribution in [0.1, 0.15) is 5.56 Å².